The topological polar surface area (TPSA) is 9.86 Å². The zero-order valence-electron chi connectivity index (χ0n) is 18.0. The van der Waals surface area contributed by atoms with Crippen LogP contribution in [0.25, 0.3) is 21.8 Å². The van der Waals surface area contributed by atoms with Crippen LogP contribution in [-0.2, 0) is 19.5 Å². The largest absolute Gasteiger partial charge is 0.347 e. The highest BCUT2D eigenvalue weighted by Gasteiger charge is 2.75. The van der Waals surface area contributed by atoms with Gasteiger partial charge in [-0.1, -0.05) is 48.6 Å². The number of nitrogens with zero attached hydrogens (tertiary/aromatic N) is 2. The highest BCUT2D eigenvalue weighted by Crippen LogP contribution is 2.81. The van der Waals surface area contributed by atoms with E-state index in [1.54, 1.807) is 22.5 Å². The van der Waals surface area contributed by atoms with Crippen LogP contribution in [0.1, 0.15) is 53.1 Å². The lowest BCUT2D eigenvalue weighted by Gasteiger charge is -2.33. The van der Waals surface area contributed by atoms with Gasteiger partial charge in [0.2, 0.25) is 0 Å². The minimum atomic E-state index is 0.256. The molecule has 7 atom stereocenters. The molecule has 1 spiro atoms. The molecule has 5 aliphatic rings. The minimum Gasteiger partial charge on any atom is -0.347 e. The van der Waals surface area contributed by atoms with Gasteiger partial charge in [0.1, 0.15) is 0 Å². The average Bonchev–Trinajstić information content (AvgIpc) is 3.58. The maximum atomic E-state index is 2.68. The number of aryl methyl sites for hydroxylation is 2. The fourth-order valence-corrected chi connectivity index (χ4v) is 9.97. The summed E-state index contributed by atoms with van der Waals surface area (Å²) in [6.45, 7) is 0. The van der Waals surface area contributed by atoms with Gasteiger partial charge >= 0.3 is 0 Å². The zero-order chi connectivity index (χ0) is 20.2. The Morgan fingerprint density at radius 2 is 1.55 bits per heavy atom. The SMILES string of the molecule is Cn1c2c(c3ccccc31)C1CC3c4c(n(C)c5ccccc45)C45C=CCC4C2C1C35. The first kappa shape index (κ1) is 16.0. The van der Waals surface area contributed by atoms with Crippen molar-refractivity contribution in [1.29, 1.82) is 0 Å². The Labute approximate surface area is 182 Å². The van der Waals surface area contributed by atoms with E-state index in [1.807, 2.05) is 0 Å². The van der Waals surface area contributed by atoms with Crippen molar-refractivity contribution in [3.8, 4) is 0 Å². The summed E-state index contributed by atoms with van der Waals surface area (Å²) in [5.74, 6) is 4.52. The number of benzene rings is 2. The fraction of sp³-hybridized carbons (Fsp3) is 0.379. The lowest BCUT2D eigenvalue weighted by atomic mass is 9.72. The van der Waals surface area contributed by atoms with Crippen molar-refractivity contribution in [2.24, 2.45) is 31.8 Å². The smallest absolute Gasteiger partial charge is 0.0483 e. The first-order chi connectivity index (χ1) is 15.2. The van der Waals surface area contributed by atoms with Gasteiger partial charge in [-0.15, -0.1) is 0 Å². The molecule has 4 aromatic rings. The molecule has 31 heavy (non-hydrogen) atoms. The molecule has 2 heterocycles. The molecule has 9 rings (SSSR count). The van der Waals surface area contributed by atoms with E-state index in [9.17, 15) is 0 Å². The van der Waals surface area contributed by atoms with Gasteiger partial charge in [0, 0.05) is 58.6 Å². The summed E-state index contributed by atoms with van der Waals surface area (Å²) in [5, 5.41) is 3.07. The van der Waals surface area contributed by atoms with E-state index in [2.05, 4.69) is 83.9 Å². The number of hydrogen-bond donors (Lipinski definition) is 0. The summed E-state index contributed by atoms with van der Waals surface area (Å²) in [4.78, 5) is 0. The second kappa shape index (κ2) is 4.70. The van der Waals surface area contributed by atoms with E-state index in [0.29, 0.717) is 5.92 Å². The van der Waals surface area contributed by atoms with Crippen LogP contribution in [0.3, 0.4) is 0 Å². The highest BCUT2D eigenvalue weighted by molar-refractivity contribution is 5.91. The molecule has 0 radical (unpaired) electrons. The molecule has 2 aromatic heterocycles. The Balaban J connectivity index is 1.40. The Kier molecular flexibility index (Phi) is 2.42. The van der Waals surface area contributed by atoms with E-state index in [1.165, 1.54) is 34.6 Å². The summed E-state index contributed by atoms with van der Waals surface area (Å²) < 4.78 is 5.17. The van der Waals surface area contributed by atoms with E-state index < -0.39 is 0 Å². The molecule has 0 amide bonds. The van der Waals surface area contributed by atoms with Gasteiger partial charge in [-0.05, 0) is 65.7 Å². The van der Waals surface area contributed by atoms with Crippen molar-refractivity contribution < 1.29 is 0 Å². The molecule has 0 saturated heterocycles. The molecular formula is C29H26N2. The number of rotatable bonds is 0. The van der Waals surface area contributed by atoms with E-state index >= 15 is 0 Å². The normalized spacial score (nSPS) is 37.7. The predicted octanol–water partition coefficient (Wildman–Crippen LogP) is 6.11. The van der Waals surface area contributed by atoms with Gasteiger partial charge in [-0.25, -0.2) is 0 Å². The Morgan fingerprint density at radius 3 is 2.35 bits per heavy atom. The summed E-state index contributed by atoms with van der Waals surface area (Å²) >= 11 is 0. The third-order valence-corrected chi connectivity index (χ3v) is 10.4. The third-order valence-electron chi connectivity index (χ3n) is 10.4. The Bertz CT molecular complexity index is 1510. The number of hydrogen-bond acceptors (Lipinski definition) is 0. The standard InChI is InChI=1S/C29H26N2/c1-30-20-11-5-3-8-15(20)22-17-14-18-23-16-9-4-6-12-21(16)31(2)28(23)29-13-7-10-19(29)25(27(22)30)24(17)26(18)29/h3-9,11-13,17-19,24-26H,10,14H2,1-2H3. The first-order valence-corrected chi connectivity index (χ1v) is 12.1. The molecule has 7 unspecified atom stereocenters. The average molecular weight is 403 g/mol. The molecule has 2 fully saturated rings. The maximum absolute atomic E-state index is 2.68. The number of para-hydroxylation sites is 2. The van der Waals surface area contributed by atoms with E-state index in [4.69, 9.17) is 0 Å². The Morgan fingerprint density at radius 1 is 0.839 bits per heavy atom. The molecule has 0 aliphatic heterocycles. The second-order valence-electron chi connectivity index (χ2n) is 11.0. The first-order valence-electron chi connectivity index (χ1n) is 12.1. The molecule has 2 aromatic carbocycles. The number of aromatic nitrogens is 2. The zero-order valence-corrected chi connectivity index (χ0v) is 18.0. The summed E-state index contributed by atoms with van der Waals surface area (Å²) in [5.41, 5.74) is 9.94. The van der Waals surface area contributed by atoms with Gasteiger partial charge < -0.3 is 9.13 Å². The minimum absolute atomic E-state index is 0.256. The Hall–Kier alpha value is -2.74. The predicted molar refractivity (Wildman–Crippen MR) is 125 cm³/mol. The molecule has 2 nitrogen and oxygen atoms in total. The molecule has 152 valence electrons. The highest BCUT2D eigenvalue weighted by atomic mass is 15.0. The molecule has 5 aliphatic carbocycles. The van der Waals surface area contributed by atoms with Crippen molar-refractivity contribution in [2.75, 3.05) is 0 Å². The van der Waals surface area contributed by atoms with Crippen LogP contribution in [0.5, 0.6) is 0 Å². The lowest BCUT2D eigenvalue weighted by Crippen LogP contribution is -2.33. The molecule has 0 N–H and O–H groups in total. The van der Waals surface area contributed by atoms with Crippen LogP contribution in [0.2, 0.25) is 0 Å². The van der Waals surface area contributed by atoms with Gasteiger partial charge in [-0.2, -0.15) is 0 Å². The van der Waals surface area contributed by atoms with Crippen LogP contribution in [0.4, 0.5) is 0 Å². The third kappa shape index (κ3) is 1.38. The van der Waals surface area contributed by atoms with E-state index in [0.717, 1.165) is 29.6 Å². The van der Waals surface area contributed by atoms with Crippen LogP contribution in [-0.4, -0.2) is 9.13 Å². The lowest BCUT2D eigenvalue weighted by molar-refractivity contribution is 0.310. The van der Waals surface area contributed by atoms with Gasteiger partial charge in [0.15, 0.2) is 0 Å². The van der Waals surface area contributed by atoms with Gasteiger partial charge in [-0.3, -0.25) is 0 Å². The quantitative estimate of drug-likeness (QED) is 0.314. The van der Waals surface area contributed by atoms with Crippen LogP contribution >= 0.6 is 0 Å². The van der Waals surface area contributed by atoms with Crippen molar-refractivity contribution in [3.05, 3.63) is 83.2 Å². The van der Waals surface area contributed by atoms with Gasteiger partial charge in [0.05, 0.1) is 0 Å². The van der Waals surface area contributed by atoms with Crippen LogP contribution in [0, 0.1) is 17.8 Å². The summed E-state index contributed by atoms with van der Waals surface area (Å²) in [7, 11) is 4.68. The van der Waals surface area contributed by atoms with Crippen molar-refractivity contribution >= 4 is 21.8 Å². The van der Waals surface area contributed by atoms with Crippen LogP contribution in [0.15, 0.2) is 60.7 Å². The summed E-state index contributed by atoms with van der Waals surface area (Å²) in [6, 6.07) is 18.4. The second-order valence-corrected chi connectivity index (χ2v) is 11.0. The number of fused-ring (bicyclic) bond motifs is 10. The van der Waals surface area contributed by atoms with Crippen molar-refractivity contribution in [2.45, 2.75) is 36.0 Å². The van der Waals surface area contributed by atoms with Crippen molar-refractivity contribution in [1.82, 2.24) is 9.13 Å². The summed E-state index contributed by atoms with van der Waals surface area (Å²) in [6.07, 6.45) is 7.82. The number of allylic oxidation sites excluding steroid dienone is 2. The monoisotopic (exact) mass is 402 g/mol. The van der Waals surface area contributed by atoms with Gasteiger partial charge in [0.25, 0.3) is 0 Å². The van der Waals surface area contributed by atoms with Crippen molar-refractivity contribution in [3.63, 3.8) is 0 Å². The molecular weight excluding hydrogens is 376 g/mol. The maximum Gasteiger partial charge on any atom is 0.0483 e. The van der Waals surface area contributed by atoms with E-state index in [-0.39, 0.29) is 5.41 Å². The fourth-order valence-electron chi connectivity index (χ4n) is 9.97. The molecule has 2 saturated carbocycles. The molecule has 0 bridgehead atoms. The molecule has 2 heteroatoms. The van der Waals surface area contributed by atoms with Crippen LogP contribution < -0.4 is 0 Å².